The molecule has 0 saturated heterocycles. The number of nitrogens with one attached hydrogen (secondary N) is 1. The molecule has 0 saturated carbocycles. The van der Waals surface area contributed by atoms with Gasteiger partial charge in [0.2, 0.25) is 0 Å². The summed E-state index contributed by atoms with van der Waals surface area (Å²) in [6.45, 7) is 4.33. The lowest BCUT2D eigenvalue weighted by atomic mass is 9.84. The fourth-order valence-corrected chi connectivity index (χ4v) is 2.29. The van der Waals surface area contributed by atoms with E-state index in [1.807, 2.05) is 36.4 Å². The summed E-state index contributed by atoms with van der Waals surface area (Å²) in [5.74, 6) is 0.971. The summed E-state index contributed by atoms with van der Waals surface area (Å²) in [7, 11) is 0. The monoisotopic (exact) mass is 251 g/mol. The van der Waals surface area contributed by atoms with Crippen molar-refractivity contribution in [2.75, 3.05) is 5.73 Å². The first kappa shape index (κ1) is 11.8. The van der Waals surface area contributed by atoms with Crippen LogP contribution in [0, 0.1) is 0 Å². The number of para-hydroxylation sites is 2. The zero-order valence-electron chi connectivity index (χ0n) is 11.1. The molecule has 1 heterocycles. The molecule has 0 amide bonds. The zero-order valence-corrected chi connectivity index (χ0v) is 11.1. The molecule has 3 N–H and O–H groups in total. The molecule has 0 aliphatic carbocycles. The summed E-state index contributed by atoms with van der Waals surface area (Å²) in [5, 5.41) is 0. The van der Waals surface area contributed by atoms with E-state index < -0.39 is 0 Å². The third kappa shape index (κ3) is 1.97. The quantitative estimate of drug-likeness (QED) is 0.685. The van der Waals surface area contributed by atoms with Gasteiger partial charge in [-0.05, 0) is 43.7 Å². The first-order chi connectivity index (χ1) is 9.07. The molecule has 3 heteroatoms. The Balaban J connectivity index is 2.10. The van der Waals surface area contributed by atoms with Gasteiger partial charge in [0.25, 0.3) is 0 Å². The van der Waals surface area contributed by atoms with Gasteiger partial charge in [-0.15, -0.1) is 0 Å². The largest absolute Gasteiger partial charge is 0.399 e. The maximum Gasteiger partial charge on any atom is 0.117 e. The van der Waals surface area contributed by atoms with Crippen molar-refractivity contribution in [3.05, 3.63) is 59.9 Å². The lowest BCUT2D eigenvalue weighted by Gasteiger charge is -2.22. The van der Waals surface area contributed by atoms with Crippen LogP contribution in [0.5, 0.6) is 0 Å². The summed E-state index contributed by atoms with van der Waals surface area (Å²) < 4.78 is 0. The Morgan fingerprint density at radius 2 is 1.68 bits per heavy atom. The number of aromatic nitrogens is 2. The third-order valence-corrected chi connectivity index (χ3v) is 3.61. The third-order valence-electron chi connectivity index (χ3n) is 3.61. The van der Waals surface area contributed by atoms with E-state index >= 15 is 0 Å². The van der Waals surface area contributed by atoms with E-state index in [0.717, 1.165) is 22.5 Å². The number of hydrogen-bond acceptors (Lipinski definition) is 2. The predicted octanol–water partition coefficient (Wildman–Crippen LogP) is 3.47. The molecule has 0 radical (unpaired) electrons. The SMILES string of the molecule is CC(C)(c1ccc(N)cc1)c1nc2ccccc2[nH]1. The molecule has 3 nitrogen and oxygen atoms in total. The molecule has 0 aliphatic rings. The predicted molar refractivity (Wildman–Crippen MR) is 79.1 cm³/mol. The molecule has 3 rings (SSSR count). The minimum atomic E-state index is -0.174. The number of rotatable bonds is 2. The molecule has 0 spiro atoms. The van der Waals surface area contributed by atoms with Crippen molar-refractivity contribution in [1.29, 1.82) is 0 Å². The number of fused-ring (bicyclic) bond motifs is 1. The van der Waals surface area contributed by atoms with Gasteiger partial charge in [0.15, 0.2) is 0 Å². The number of anilines is 1. The van der Waals surface area contributed by atoms with Crippen molar-refractivity contribution in [2.45, 2.75) is 19.3 Å². The van der Waals surface area contributed by atoms with Crippen LogP contribution in [0.4, 0.5) is 5.69 Å². The van der Waals surface area contributed by atoms with Gasteiger partial charge in [0, 0.05) is 11.1 Å². The van der Waals surface area contributed by atoms with Crippen molar-refractivity contribution in [3.8, 4) is 0 Å². The Labute approximate surface area is 112 Å². The number of imidazole rings is 1. The number of H-pyrrole nitrogens is 1. The maximum absolute atomic E-state index is 5.75. The first-order valence-corrected chi connectivity index (χ1v) is 6.38. The molecule has 0 atom stereocenters. The molecule has 0 bridgehead atoms. The van der Waals surface area contributed by atoms with E-state index in [-0.39, 0.29) is 5.41 Å². The van der Waals surface area contributed by atoms with Crippen LogP contribution in [0.3, 0.4) is 0 Å². The molecule has 19 heavy (non-hydrogen) atoms. The molecule has 0 unspecified atom stereocenters. The van der Waals surface area contributed by atoms with E-state index in [4.69, 9.17) is 10.7 Å². The van der Waals surface area contributed by atoms with Gasteiger partial charge in [-0.2, -0.15) is 0 Å². The Hall–Kier alpha value is -2.29. The van der Waals surface area contributed by atoms with Gasteiger partial charge in [-0.3, -0.25) is 0 Å². The Morgan fingerprint density at radius 3 is 2.37 bits per heavy atom. The van der Waals surface area contributed by atoms with E-state index in [2.05, 4.69) is 31.0 Å². The topological polar surface area (TPSA) is 54.7 Å². The molecule has 2 aromatic carbocycles. The van der Waals surface area contributed by atoms with Crippen molar-refractivity contribution >= 4 is 16.7 Å². The second kappa shape index (κ2) is 4.12. The van der Waals surface area contributed by atoms with Crippen LogP contribution in [0.25, 0.3) is 11.0 Å². The molecule has 3 aromatic rings. The van der Waals surface area contributed by atoms with Gasteiger partial charge in [-0.25, -0.2) is 4.98 Å². The van der Waals surface area contributed by atoms with E-state index in [1.165, 1.54) is 5.56 Å². The Morgan fingerprint density at radius 1 is 1.00 bits per heavy atom. The second-order valence-electron chi connectivity index (χ2n) is 5.35. The smallest absolute Gasteiger partial charge is 0.117 e. The molecule has 0 fully saturated rings. The van der Waals surface area contributed by atoms with Crippen LogP contribution in [-0.4, -0.2) is 9.97 Å². The standard InChI is InChI=1S/C16H17N3/c1-16(2,11-7-9-12(17)10-8-11)15-18-13-5-3-4-6-14(13)19-15/h3-10H,17H2,1-2H3,(H,18,19). The minimum Gasteiger partial charge on any atom is -0.399 e. The van der Waals surface area contributed by atoms with Crippen LogP contribution in [0.15, 0.2) is 48.5 Å². The second-order valence-corrected chi connectivity index (χ2v) is 5.35. The summed E-state index contributed by atoms with van der Waals surface area (Å²) in [6.07, 6.45) is 0. The van der Waals surface area contributed by atoms with Crippen LogP contribution < -0.4 is 5.73 Å². The Bertz CT molecular complexity index is 675. The number of benzene rings is 2. The van der Waals surface area contributed by atoms with Gasteiger partial charge in [-0.1, -0.05) is 24.3 Å². The van der Waals surface area contributed by atoms with Crippen molar-refractivity contribution in [1.82, 2.24) is 9.97 Å². The average Bonchev–Trinajstić information content (AvgIpc) is 2.83. The minimum absolute atomic E-state index is 0.174. The summed E-state index contributed by atoms with van der Waals surface area (Å²) >= 11 is 0. The lowest BCUT2D eigenvalue weighted by molar-refractivity contribution is 0.601. The van der Waals surface area contributed by atoms with Crippen molar-refractivity contribution in [3.63, 3.8) is 0 Å². The van der Waals surface area contributed by atoms with Gasteiger partial charge < -0.3 is 10.7 Å². The highest BCUT2D eigenvalue weighted by molar-refractivity contribution is 5.75. The van der Waals surface area contributed by atoms with Gasteiger partial charge >= 0.3 is 0 Å². The first-order valence-electron chi connectivity index (χ1n) is 6.38. The average molecular weight is 251 g/mol. The molecule has 96 valence electrons. The number of aromatic amines is 1. The van der Waals surface area contributed by atoms with Crippen molar-refractivity contribution in [2.24, 2.45) is 0 Å². The van der Waals surface area contributed by atoms with Crippen LogP contribution in [-0.2, 0) is 5.41 Å². The number of nitrogens with two attached hydrogens (primary N) is 1. The number of nitrogens with zero attached hydrogens (tertiary/aromatic N) is 1. The molecule has 1 aromatic heterocycles. The van der Waals surface area contributed by atoms with E-state index in [1.54, 1.807) is 0 Å². The van der Waals surface area contributed by atoms with Crippen LogP contribution in [0.1, 0.15) is 25.2 Å². The normalized spacial score (nSPS) is 11.9. The van der Waals surface area contributed by atoms with Crippen molar-refractivity contribution < 1.29 is 0 Å². The van der Waals surface area contributed by atoms with E-state index in [0.29, 0.717) is 0 Å². The number of hydrogen-bond donors (Lipinski definition) is 2. The van der Waals surface area contributed by atoms with Gasteiger partial charge in [0.1, 0.15) is 5.82 Å². The summed E-state index contributed by atoms with van der Waals surface area (Å²) in [6, 6.07) is 16.1. The molecular formula is C16H17N3. The van der Waals surface area contributed by atoms with E-state index in [9.17, 15) is 0 Å². The highest BCUT2D eigenvalue weighted by Gasteiger charge is 2.26. The maximum atomic E-state index is 5.75. The molecular weight excluding hydrogens is 234 g/mol. The summed E-state index contributed by atoms with van der Waals surface area (Å²) in [5.41, 5.74) is 9.62. The fraction of sp³-hybridized carbons (Fsp3) is 0.188. The fourth-order valence-electron chi connectivity index (χ4n) is 2.29. The highest BCUT2D eigenvalue weighted by atomic mass is 14.9. The van der Waals surface area contributed by atoms with Crippen LogP contribution in [0.2, 0.25) is 0 Å². The van der Waals surface area contributed by atoms with Crippen LogP contribution >= 0.6 is 0 Å². The number of nitrogen functional groups attached to an aromatic ring is 1. The summed E-state index contributed by atoms with van der Waals surface area (Å²) in [4.78, 5) is 8.10. The zero-order chi connectivity index (χ0) is 13.5. The van der Waals surface area contributed by atoms with Gasteiger partial charge in [0.05, 0.1) is 11.0 Å². The Kier molecular flexibility index (Phi) is 2.56. The lowest BCUT2D eigenvalue weighted by Crippen LogP contribution is -2.20. The molecule has 0 aliphatic heterocycles. The highest BCUT2D eigenvalue weighted by Crippen LogP contribution is 2.31.